The van der Waals surface area contributed by atoms with Gasteiger partial charge in [0.1, 0.15) is 29.4 Å². The molecule has 0 saturated carbocycles. The van der Waals surface area contributed by atoms with Gasteiger partial charge in [-0.15, -0.1) is 0 Å². The highest BCUT2D eigenvalue weighted by atomic mass is 35.5. The molecule has 8 nitrogen and oxygen atoms in total. The summed E-state index contributed by atoms with van der Waals surface area (Å²) >= 11 is 5.83. The molecule has 0 fully saturated rings. The van der Waals surface area contributed by atoms with E-state index in [4.69, 9.17) is 16.3 Å². The zero-order valence-electron chi connectivity index (χ0n) is 12.9. The number of pyridine rings is 1. The first kappa shape index (κ1) is 16.9. The molecule has 0 saturated heterocycles. The Bertz CT molecular complexity index is 758. The third kappa shape index (κ3) is 4.49. The molecule has 0 aliphatic carbocycles. The van der Waals surface area contributed by atoms with Gasteiger partial charge in [0.2, 0.25) is 0 Å². The van der Waals surface area contributed by atoms with E-state index in [9.17, 15) is 9.70 Å². The van der Waals surface area contributed by atoms with Gasteiger partial charge in [-0.2, -0.15) is 10.0 Å². The molecule has 0 amide bonds. The average Bonchev–Trinajstić information content (AvgIpc) is 2.46. The number of nitrogens with one attached hydrogen (secondary N) is 1. The van der Waals surface area contributed by atoms with Crippen LogP contribution >= 0.6 is 11.6 Å². The van der Waals surface area contributed by atoms with Crippen LogP contribution in [0.5, 0.6) is 5.75 Å². The number of anilines is 2. The number of ether oxygens (including phenoxy) is 1. The predicted octanol–water partition coefficient (Wildman–Crippen LogP) is 2.50. The van der Waals surface area contributed by atoms with Crippen molar-refractivity contribution in [3.05, 3.63) is 44.8 Å². The van der Waals surface area contributed by atoms with Crippen LogP contribution in [0, 0.1) is 4.91 Å². The number of hydrogen-bond donors (Lipinski definition) is 1. The minimum absolute atomic E-state index is 0.0263. The van der Waals surface area contributed by atoms with Gasteiger partial charge in [0.05, 0.1) is 6.20 Å². The molecule has 23 heavy (non-hydrogen) atoms. The molecule has 0 aromatic carbocycles. The summed E-state index contributed by atoms with van der Waals surface area (Å²) in [5.41, 5.74) is -0.777. The van der Waals surface area contributed by atoms with Crippen LogP contribution in [0.4, 0.5) is 11.5 Å². The second kappa shape index (κ2) is 6.74. The number of rotatable bonds is 6. The molecule has 2 aromatic heterocycles. The largest absolute Gasteiger partial charge is 0.484 e. The number of nitrogens with zero attached hydrogens (tertiary/aromatic N) is 4. The first-order valence-electron chi connectivity index (χ1n) is 6.76. The molecule has 0 aliphatic heterocycles. The monoisotopic (exact) mass is 337 g/mol. The summed E-state index contributed by atoms with van der Waals surface area (Å²) in [6.07, 6.45) is 1.49. The molecule has 122 valence electrons. The normalized spacial score (nSPS) is 11.1. The Hall–Kier alpha value is -2.48. The van der Waals surface area contributed by atoms with Crippen molar-refractivity contribution in [3.8, 4) is 5.75 Å². The zero-order valence-corrected chi connectivity index (χ0v) is 13.7. The maximum absolute atomic E-state index is 11.9. The van der Waals surface area contributed by atoms with Crippen LogP contribution in [0.3, 0.4) is 0 Å². The third-order valence-corrected chi connectivity index (χ3v) is 3.06. The van der Waals surface area contributed by atoms with Gasteiger partial charge >= 0.3 is 0 Å². The summed E-state index contributed by atoms with van der Waals surface area (Å²) in [6, 6.07) is 4.75. The molecule has 0 aliphatic rings. The van der Waals surface area contributed by atoms with Crippen LogP contribution in [0.25, 0.3) is 0 Å². The van der Waals surface area contributed by atoms with E-state index < -0.39 is 5.60 Å². The van der Waals surface area contributed by atoms with Crippen LogP contribution in [0.2, 0.25) is 5.15 Å². The van der Waals surface area contributed by atoms with Gasteiger partial charge in [0.15, 0.2) is 5.15 Å². The maximum Gasteiger partial charge on any atom is 0.290 e. The van der Waals surface area contributed by atoms with Gasteiger partial charge in [-0.1, -0.05) is 16.8 Å². The minimum atomic E-state index is -0.715. The van der Waals surface area contributed by atoms with E-state index >= 15 is 0 Å². The van der Waals surface area contributed by atoms with Crippen molar-refractivity contribution in [3.63, 3.8) is 0 Å². The van der Waals surface area contributed by atoms with E-state index in [1.54, 1.807) is 26.0 Å². The van der Waals surface area contributed by atoms with Gasteiger partial charge in [0, 0.05) is 13.1 Å². The van der Waals surface area contributed by atoms with Gasteiger partial charge in [-0.25, -0.2) is 9.67 Å². The van der Waals surface area contributed by atoms with Crippen LogP contribution in [-0.4, -0.2) is 26.9 Å². The van der Waals surface area contributed by atoms with Gasteiger partial charge < -0.3 is 10.1 Å². The van der Waals surface area contributed by atoms with Crippen molar-refractivity contribution in [1.82, 2.24) is 14.8 Å². The third-order valence-electron chi connectivity index (χ3n) is 2.87. The Labute approximate surface area is 137 Å². The van der Waals surface area contributed by atoms with Crippen molar-refractivity contribution in [2.24, 2.45) is 12.2 Å². The molecule has 1 N–H and O–H groups in total. The lowest BCUT2D eigenvalue weighted by Gasteiger charge is -2.23. The first-order valence-corrected chi connectivity index (χ1v) is 7.13. The summed E-state index contributed by atoms with van der Waals surface area (Å²) < 4.78 is 6.76. The van der Waals surface area contributed by atoms with E-state index in [0.29, 0.717) is 11.6 Å². The van der Waals surface area contributed by atoms with Crippen molar-refractivity contribution in [2.75, 3.05) is 11.9 Å². The summed E-state index contributed by atoms with van der Waals surface area (Å²) in [7, 11) is 1.51. The van der Waals surface area contributed by atoms with Crippen LogP contribution in [-0.2, 0) is 7.05 Å². The fraction of sp³-hybridized carbons (Fsp3) is 0.357. The van der Waals surface area contributed by atoms with Crippen LogP contribution < -0.4 is 15.6 Å². The number of hydrogen-bond acceptors (Lipinski definition) is 7. The van der Waals surface area contributed by atoms with E-state index in [1.165, 1.54) is 19.3 Å². The Kier molecular flexibility index (Phi) is 4.95. The second-order valence-corrected chi connectivity index (χ2v) is 5.85. The maximum atomic E-state index is 11.9. The quantitative estimate of drug-likeness (QED) is 0.813. The molecule has 9 heteroatoms. The van der Waals surface area contributed by atoms with E-state index in [0.717, 1.165) is 4.68 Å². The smallest absolute Gasteiger partial charge is 0.290 e. The summed E-state index contributed by atoms with van der Waals surface area (Å²) in [6.45, 7) is 3.53. The zero-order chi connectivity index (χ0) is 17.0. The number of aromatic nitrogens is 3. The molecule has 0 spiro atoms. The first-order chi connectivity index (χ1) is 10.8. The predicted molar refractivity (Wildman–Crippen MR) is 87.4 cm³/mol. The molecule has 2 heterocycles. The molecule has 0 unspecified atom stereocenters. The van der Waals surface area contributed by atoms with Crippen molar-refractivity contribution in [1.29, 1.82) is 0 Å². The fourth-order valence-corrected chi connectivity index (χ4v) is 2.04. The van der Waals surface area contributed by atoms with Gasteiger partial charge in [-0.3, -0.25) is 4.79 Å². The summed E-state index contributed by atoms with van der Waals surface area (Å²) in [5, 5.41) is 9.71. The van der Waals surface area contributed by atoms with E-state index in [1.807, 2.05) is 0 Å². The lowest BCUT2D eigenvalue weighted by molar-refractivity contribution is 0.118. The average molecular weight is 338 g/mol. The summed E-state index contributed by atoms with van der Waals surface area (Å²) in [4.78, 5) is 26.5. The Morgan fingerprint density at radius 2 is 2.17 bits per heavy atom. The van der Waals surface area contributed by atoms with Crippen molar-refractivity contribution < 1.29 is 4.74 Å². The highest BCUT2D eigenvalue weighted by molar-refractivity contribution is 6.29. The Morgan fingerprint density at radius 3 is 2.78 bits per heavy atom. The molecule has 0 bridgehead atoms. The molecule has 2 rings (SSSR count). The fourth-order valence-electron chi connectivity index (χ4n) is 1.82. The van der Waals surface area contributed by atoms with E-state index in [-0.39, 0.29) is 22.9 Å². The van der Waals surface area contributed by atoms with Crippen LogP contribution in [0.15, 0.2) is 34.4 Å². The highest BCUT2D eigenvalue weighted by Crippen LogP contribution is 2.20. The number of aryl methyl sites for hydroxylation is 1. The molecule has 2 aromatic rings. The molecule has 0 atom stereocenters. The minimum Gasteiger partial charge on any atom is -0.484 e. The molecular weight excluding hydrogens is 322 g/mol. The van der Waals surface area contributed by atoms with Crippen molar-refractivity contribution >= 4 is 23.1 Å². The Balaban J connectivity index is 2.15. The SMILES string of the molecule is Cn1nc(Cl)cc(Nc2ccc(OC(C)(C)CN=O)cn2)c1=O. The van der Waals surface area contributed by atoms with Crippen molar-refractivity contribution in [2.45, 2.75) is 19.4 Å². The lowest BCUT2D eigenvalue weighted by atomic mass is 10.1. The lowest BCUT2D eigenvalue weighted by Crippen LogP contribution is -2.31. The van der Waals surface area contributed by atoms with E-state index in [2.05, 4.69) is 20.6 Å². The summed E-state index contributed by atoms with van der Waals surface area (Å²) in [5.74, 6) is 0.938. The standard InChI is InChI=1S/C14H16ClN5O3/c1-14(2,8-17-22)23-9-4-5-12(16-7-9)18-10-6-11(15)19-20(3)13(10)21/h4-7H,8H2,1-3H3,(H,16,18). The Morgan fingerprint density at radius 1 is 1.43 bits per heavy atom. The van der Waals surface area contributed by atoms with Crippen LogP contribution in [0.1, 0.15) is 13.8 Å². The topological polar surface area (TPSA) is 98.5 Å². The number of halogens is 1. The second-order valence-electron chi connectivity index (χ2n) is 5.46. The highest BCUT2D eigenvalue weighted by Gasteiger charge is 2.20. The molecule has 0 radical (unpaired) electrons. The van der Waals surface area contributed by atoms with Gasteiger partial charge in [0.25, 0.3) is 5.56 Å². The number of nitroso groups, excluding NO2 is 1. The van der Waals surface area contributed by atoms with Gasteiger partial charge in [-0.05, 0) is 26.0 Å². The molecular formula is C14H16ClN5O3.